The molecule has 1 aromatic heterocycles. The largest absolute Gasteiger partial charge is 0.477 e. The third-order valence-corrected chi connectivity index (χ3v) is 5.08. The van der Waals surface area contributed by atoms with E-state index >= 15 is 4.39 Å². The first-order chi connectivity index (χ1) is 12.3. The Balaban J connectivity index is 0.00000140. The van der Waals surface area contributed by atoms with Gasteiger partial charge in [-0.25, -0.2) is 13.6 Å². The van der Waals surface area contributed by atoms with Crippen LogP contribution in [0.2, 0.25) is 0 Å². The van der Waals surface area contributed by atoms with Crippen molar-refractivity contribution >= 4 is 40.7 Å². The highest BCUT2D eigenvalue weighted by molar-refractivity contribution is 5.99. The summed E-state index contributed by atoms with van der Waals surface area (Å²) < 4.78 is 31.7. The molecule has 28 heavy (non-hydrogen) atoms. The molecule has 4 rings (SSSR count). The lowest BCUT2D eigenvalue weighted by Crippen LogP contribution is -2.29. The van der Waals surface area contributed by atoms with E-state index < -0.39 is 39.7 Å². The lowest BCUT2D eigenvalue weighted by atomic mass is 10.1. The maximum absolute atomic E-state index is 15.4. The number of benzene rings is 1. The van der Waals surface area contributed by atoms with Crippen LogP contribution in [0.15, 0.2) is 11.0 Å². The standard InChI is InChI=1S/C17H18F2N4O3.ClH.H2O/c18-11-13(21)10-14(12(19)15(11)22-4-3-7(20)5-22)23(8-1-2-8)6-9(16(10)24)17(25)26;;/h6-8H,1-5,20-21H2,(H,25,26);1H;1H2. The molecule has 2 fully saturated rings. The van der Waals surface area contributed by atoms with Crippen LogP contribution in [0, 0.1) is 11.6 Å². The molecule has 1 unspecified atom stereocenters. The predicted octanol–water partition coefficient (Wildman–Crippen LogP) is 1.03. The van der Waals surface area contributed by atoms with Crippen LogP contribution < -0.4 is 21.8 Å². The molecule has 154 valence electrons. The third-order valence-electron chi connectivity index (χ3n) is 5.08. The van der Waals surface area contributed by atoms with Gasteiger partial charge in [0.15, 0.2) is 11.6 Å². The zero-order valence-electron chi connectivity index (χ0n) is 14.7. The van der Waals surface area contributed by atoms with Crippen LogP contribution in [-0.2, 0) is 0 Å². The van der Waals surface area contributed by atoms with E-state index in [-0.39, 0.29) is 47.7 Å². The van der Waals surface area contributed by atoms with Crippen LogP contribution in [0.5, 0.6) is 0 Å². The quantitative estimate of drug-likeness (QED) is 0.634. The molecule has 1 aliphatic heterocycles. The van der Waals surface area contributed by atoms with Crippen LogP contribution >= 0.6 is 12.4 Å². The molecule has 7 N–H and O–H groups in total. The maximum Gasteiger partial charge on any atom is 0.341 e. The maximum atomic E-state index is 15.4. The fraction of sp³-hybridized carbons (Fsp3) is 0.412. The van der Waals surface area contributed by atoms with Crippen LogP contribution in [0.25, 0.3) is 10.9 Å². The number of nitrogens with zero attached hydrogens (tertiary/aromatic N) is 2. The van der Waals surface area contributed by atoms with E-state index in [4.69, 9.17) is 11.5 Å². The van der Waals surface area contributed by atoms with Gasteiger partial charge >= 0.3 is 5.97 Å². The van der Waals surface area contributed by atoms with Gasteiger partial charge < -0.3 is 31.5 Å². The summed E-state index contributed by atoms with van der Waals surface area (Å²) in [6.45, 7) is 0.653. The van der Waals surface area contributed by atoms with Crippen molar-refractivity contribution in [2.75, 3.05) is 23.7 Å². The zero-order valence-corrected chi connectivity index (χ0v) is 15.6. The molecule has 1 aromatic carbocycles. The van der Waals surface area contributed by atoms with Crippen molar-refractivity contribution < 1.29 is 24.2 Å². The molecule has 8 nitrogen and oxygen atoms in total. The van der Waals surface area contributed by atoms with Crippen LogP contribution in [0.3, 0.4) is 0 Å². The first kappa shape index (κ1) is 21.9. The number of carbonyl (C=O) groups is 1. The minimum atomic E-state index is -1.46. The molecule has 2 aromatic rings. The van der Waals surface area contributed by atoms with Gasteiger partial charge in [-0.05, 0) is 19.3 Å². The number of nitrogens with two attached hydrogens (primary N) is 2. The second-order valence-corrected chi connectivity index (χ2v) is 6.92. The fourth-order valence-corrected chi connectivity index (χ4v) is 3.61. The van der Waals surface area contributed by atoms with Crippen LogP contribution in [0.4, 0.5) is 20.2 Å². The van der Waals surface area contributed by atoms with Crippen molar-refractivity contribution in [1.82, 2.24) is 4.57 Å². The average molecular weight is 419 g/mol. The van der Waals surface area contributed by atoms with Gasteiger partial charge in [-0.1, -0.05) is 0 Å². The summed E-state index contributed by atoms with van der Waals surface area (Å²) in [6, 6.07) is -0.338. The summed E-state index contributed by atoms with van der Waals surface area (Å²) in [4.78, 5) is 25.4. The molecule has 2 aliphatic rings. The molecule has 1 saturated carbocycles. The minimum absolute atomic E-state index is 0. The smallest absolute Gasteiger partial charge is 0.341 e. The molecule has 1 atom stereocenters. The van der Waals surface area contributed by atoms with Gasteiger partial charge in [0.25, 0.3) is 0 Å². The van der Waals surface area contributed by atoms with Crippen molar-refractivity contribution in [3.8, 4) is 0 Å². The lowest BCUT2D eigenvalue weighted by Gasteiger charge is -2.23. The van der Waals surface area contributed by atoms with Gasteiger partial charge in [-0.15, -0.1) is 12.4 Å². The third kappa shape index (κ3) is 3.17. The predicted molar refractivity (Wildman–Crippen MR) is 103 cm³/mol. The monoisotopic (exact) mass is 418 g/mol. The van der Waals surface area contributed by atoms with Gasteiger partial charge in [-0.3, -0.25) is 4.79 Å². The van der Waals surface area contributed by atoms with Crippen molar-refractivity contribution in [3.63, 3.8) is 0 Å². The van der Waals surface area contributed by atoms with Crippen molar-refractivity contribution in [2.24, 2.45) is 5.73 Å². The van der Waals surface area contributed by atoms with E-state index in [2.05, 4.69) is 0 Å². The summed E-state index contributed by atoms with van der Waals surface area (Å²) in [6.07, 6.45) is 3.16. The molecular formula is C17H21ClF2N4O4. The first-order valence-corrected chi connectivity index (χ1v) is 8.40. The minimum Gasteiger partial charge on any atom is -0.477 e. The first-order valence-electron chi connectivity index (χ1n) is 8.40. The second kappa shape index (κ2) is 7.53. The van der Waals surface area contributed by atoms with E-state index in [1.807, 2.05) is 0 Å². The Morgan fingerprint density at radius 1 is 1.21 bits per heavy atom. The van der Waals surface area contributed by atoms with Gasteiger partial charge in [0.05, 0.1) is 16.6 Å². The molecule has 0 bridgehead atoms. The molecular weight excluding hydrogens is 398 g/mol. The van der Waals surface area contributed by atoms with Gasteiger partial charge in [0.1, 0.15) is 11.3 Å². The molecule has 1 aliphatic carbocycles. The molecule has 11 heteroatoms. The van der Waals surface area contributed by atoms with Gasteiger partial charge in [0, 0.05) is 31.4 Å². The van der Waals surface area contributed by atoms with Crippen molar-refractivity contribution in [3.05, 3.63) is 33.6 Å². The highest BCUT2D eigenvalue weighted by atomic mass is 35.5. The van der Waals surface area contributed by atoms with Crippen molar-refractivity contribution in [1.29, 1.82) is 0 Å². The van der Waals surface area contributed by atoms with E-state index in [0.717, 1.165) is 19.0 Å². The molecule has 0 amide bonds. The molecule has 1 saturated heterocycles. The zero-order chi connectivity index (χ0) is 18.7. The molecule has 0 radical (unpaired) electrons. The molecule has 2 heterocycles. The number of fused-ring (bicyclic) bond motifs is 1. The Kier molecular flexibility index (Phi) is 5.88. The number of anilines is 2. The van der Waals surface area contributed by atoms with Gasteiger partial charge in [0.2, 0.25) is 5.43 Å². The Morgan fingerprint density at radius 2 is 1.86 bits per heavy atom. The number of aromatic nitrogens is 1. The van der Waals surface area contributed by atoms with Gasteiger partial charge in [-0.2, -0.15) is 0 Å². The fourth-order valence-electron chi connectivity index (χ4n) is 3.61. The Morgan fingerprint density at radius 3 is 2.36 bits per heavy atom. The number of pyridine rings is 1. The summed E-state index contributed by atoms with van der Waals surface area (Å²) in [5.41, 5.74) is 9.18. The van der Waals surface area contributed by atoms with E-state index in [1.54, 1.807) is 0 Å². The summed E-state index contributed by atoms with van der Waals surface area (Å²) >= 11 is 0. The summed E-state index contributed by atoms with van der Waals surface area (Å²) in [7, 11) is 0. The number of hydrogen-bond donors (Lipinski definition) is 3. The number of halogens is 3. The van der Waals surface area contributed by atoms with E-state index in [0.29, 0.717) is 13.0 Å². The number of nitrogen functional groups attached to an aromatic ring is 1. The molecule has 0 spiro atoms. The van der Waals surface area contributed by atoms with E-state index in [1.165, 1.54) is 9.47 Å². The number of carboxylic acid groups (broad SMARTS) is 1. The Labute approximate surface area is 164 Å². The lowest BCUT2D eigenvalue weighted by molar-refractivity contribution is 0.0695. The SMILES string of the molecule is Cl.Nc1c(F)c(N2CCC(N)C2)c(F)c2c1c(=O)c(C(=O)O)cn2C1CC1.O. The summed E-state index contributed by atoms with van der Waals surface area (Å²) in [5.74, 6) is -3.41. The Hall–Kier alpha value is -2.43. The average Bonchev–Trinajstić information content (AvgIpc) is 3.34. The highest BCUT2D eigenvalue weighted by Gasteiger charge is 2.34. The van der Waals surface area contributed by atoms with Crippen LogP contribution in [-0.4, -0.2) is 40.3 Å². The summed E-state index contributed by atoms with van der Waals surface area (Å²) in [5, 5.41) is 8.86. The van der Waals surface area contributed by atoms with E-state index in [9.17, 15) is 19.1 Å². The van der Waals surface area contributed by atoms with Crippen LogP contribution in [0.1, 0.15) is 35.7 Å². The highest BCUT2D eigenvalue weighted by Crippen LogP contribution is 2.42. The number of rotatable bonds is 3. The second-order valence-electron chi connectivity index (χ2n) is 6.92. The Bertz CT molecular complexity index is 1010. The van der Waals surface area contributed by atoms with Crippen molar-refractivity contribution in [2.45, 2.75) is 31.3 Å². The number of carboxylic acids is 1. The topological polar surface area (TPSA) is 146 Å². The number of aromatic carboxylic acids is 1. The normalized spacial score (nSPS) is 18.7. The number of hydrogen-bond acceptors (Lipinski definition) is 5.